The summed E-state index contributed by atoms with van der Waals surface area (Å²) in [4.78, 5) is 46.7. The first-order valence-electron chi connectivity index (χ1n) is 10.7. The molecule has 13 nitrogen and oxygen atoms in total. The van der Waals surface area contributed by atoms with Gasteiger partial charge in [-0.2, -0.15) is 10.2 Å². The van der Waals surface area contributed by atoms with E-state index < -0.39 is 9.85 Å². The Morgan fingerprint density at radius 2 is 1.31 bits per heavy atom. The van der Waals surface area contributed by atoms with Crippen LogP contribution in [-0.4, -0.2) is 58.6 Å². The molecule has 182 valence electrons. The predicted octanol–water partition coefficient (Wildman–Crippen LogP) is 1.82. The summed E-state index contributed by atoms with van der Waals surface area (Å²) in [7, 11) is 0. The van der Waals surface area contributed by atoms with Crippen molar-refractivity contribution in [1.29, 1.82) is 0 Å². The van der Waals surface area contributed by atoms with Gasteiger partial charge in [0.05, 0.1) is 28.8 Å². The van der Waals surface area contributed by atoms with E-state index in [1.807, 2.05) is 4.90 Å². The molecule has 0 bridgehead atoms. The number of likely N-dealkylation sites (tertiary alicyclic amines) is 1. The van der Waals surface area contributed by atoms with E-state index >= 15 is 0 Å². The van der Waals surface area contributed by atoms with E-state index in [9.17, 15) is 29.8 Å². The monoisotopic (exact) mass is 481 g/mol. The third kappa shape index (κ3) is 7.78. The van der Waals surface area contributed by atoms with Crippen LogP contribution in [0.3, 0.4) is 0 Å². The van der Waals surface area contributed by atoms with E-state index in [2.05, 4.69) is 21.1 Å². The minimum absolute atomic E-state index is 0.0251. The number of rotatable bonds is 9. The summed E-state index contributed by atoms with van der Waals surface area (Å²) < 4.78 is 0. The van der Waals surface area contributed by atoms with Crippen molar-refractivity contribution in [1.82, 2.24) is 15.8 Å². The quantitative estimate of drug-likeness (QED) is 0.312. The predicted molar refractivity (Wildman–Crippen MR) is 127 cm³/mol. The maximum absolute atomic E-state index is 12.3. The second-order valence-electron chi connectivity index (χ2n) is 7.78. The number of hydrogen-bond donors (Lipinski definition) is 2. The van der Waals surface area contributed by atoms with Crippen LogP contribution < -0.4 is 10.9 Å². The fourth-order valence-electron chi connectivity index (χ4n) is 3.40. The highest BCUT2D eigenvalue weighted by Gasteiger charge is 2.25. The Morgan fingerprint density at radius 1 is 0.857 bits per heavy atom. The zero-order valence-electron chi connectivity index (χ0n) is 18.6. The molecule has 35 heavy (non-hydrogen) atoms. The highest BCUT2D eigenvalue weighted by Crippen LogP contribution is 2.17. The van der Waals surface area contributed by atoms with Crippen LogP contribution in [0.2, 0.25) is 0 Å². The summed E-state index contributed by atoms with van der Waals surface area (Å²) in [5.74, 6) is -0.762. The van der Waals surface area contributed by atoms with Gasteiger partial charge in [-0.05, 0) is 61.3 Å². The van der Waals surface area contributed by atoms with Crippen molar-refractivity contribution in [2.45, 2.75) is 12.8 Å². The normalized spacial score (nSPS) is 14.7. The molecule has 1 heterocycles. The first-order valence-corrected chi connectivity index (χ1v) is 10.7. The molecule has 0 unspecified atom stereocenters. The molecule has 0 aliphatic carbocycles. The lowest BCUT2D eigenvalue weighted by Crippen LogP contribution is -2.43. The summed E-state index contributed by atoms with van der Waals surface area (Å²) >= 11 is 0. The van der Waals surface area contributed by atoms with Crippen molar-refractivity contribution in [3.8, 4) is 0 Å². The maximum atomic E-state index is 12.3. The molecule has 3 rings (SSSR count). The Balaban J connectivity index is 1.36. The summed E-state index contributed by atoms with van der Waals surface area (Å²) in [6.45, 7) is 1.25. The molecule has 2 aromatic rings. The van der Waals surface area contributed by atoms with Gasteiger partial charge in [-0.3, -0.25) is 34.7 Å². The van der Waals surface area contributed by atoms with Gasteiger partial charge in [-0.15, -0.1) is 0 Å². The highest BCUT2D eigenvalue weighted by molar-refractivity contribution is 5.84. The van der Waals surface area contributed by atoms with Crippen LogP contribution in [0, 0.1) is 26.1 Å². The fourth-order valence-corrected chi connectivity index (χ4v) is 3.40. The van der Waals surface area contributed by atoms with Gasteiger partial charge in [0.2, 0.25) is 5.91 Å². The van der Waals surface area contributed by atoms with Gasteiger partial charge in [0.15, 0.2) is 0 Å². The smallest absolute Gasteiger partial charge is 0.269 e. The number of carbonyl (C=O) groups excluding carboxylic acids is 2. The number of amides is 2. The molecule has 1 saturated heterocycles. The number of benzene rings is 2. The van der Waals surface area contributed by atoms with Crippen molar-refractivity contribution in [2.24, 2.45) is 16.1 Å². The molecule has 13 heteroatoms. The third-order valence-corrected chi connectivity index (χ3v) is 5.32. The van der Waals surface area contributed by atoms with Crippen molar-refractivity contribution in [3.05, 3.63) is 79.9 Å². The average molecular weight is 481 g/mol. The average Bonchev–Trinajstić information content (AvgIpc) is 2.85. The van der Waals surface area contributed by atoms with E-state index in [4.69, 9.17) is 0 Å². The van der Waals surface area contributed by atoms with Gasteiger partial charge in [0.1, 0.15) is 0 Å². The number of hydrogen-bond acceptors (Lipinski definition) is 9. The minimum atomic E-state index is -0.495. The van der Waals surface area contributed by atoms with E-state index in [1.165, 1.54) is 61.0 Å². The van der Waals surface area contributed by atoms with E-state index in [-0.39, 0.29) is 35.7 Å². The SMILES string of the molecule is O=C(CN1CCC(C(=O)NN=Cc2ccc([N+](=O)[O-])cc2)CC1)NN=Cc1ccc([N+](=O)[O-])cc1. The van der Waals surface area contributed by atoms with E-state index in [0.29, 0.717) is 37.1 Å². The number of hydrazone groups is 2. The molecule has 0 saturated carbocycles. The molecule has 2 aromatic carbocycles. The summed E-state index contributed by atoms with van der Waals surface area (Å²) in [6.07, 6.45) is 3.95. The Labute approximate surface area is 199 Å². The van der Waals surface area contributed by atoms with Crippen LogP contribution in [0.15, 0.2) is 58.7 Å². The lowest BCUT2D eigenvalue weighted by molar-refractivity contribution is -0.385. The molecule has 0 atom stereocenters. The molecule has 2 N–H and O–H groups in total. The molecule has 1 aliphatic heterocycles. The molecular formula is C22H23N7O6. The van der Waals surface area contributed by atoms with Gasteiger partial charge in [0.25, 0.3) is 17.3 Å². The molecule has 0 radical (unpaired) electrons. The van der Waals surface area contributed by atoms with Crippen LogP contribution in [0.4, 0.5) is 11.4 Å². The van der Waals surface area contributed by atoms with Crippen molar-refractivity contribution in [3.63, 3.8) is 0 Å². The van der Waals surface area contributed by atoms with Gasteiger partial charge < -0.3 is 0 Å². The lowest BCUT2D eigenvalue weighted by Gasteiger charge is -2.30. The third-order valence-electron chi connectivity index (χ3n) is 5.32. The Bertz CT molecular complexity index is 1120. The molecule has 1 aliphatic rings. The molecule has 0 spiro atoms. The second kappa shape index (κ2) is 12.1. The Morgan fingerprint density at radius 3 is 1.77 bits per heavy atom. The summed E-state index contributed by atoms with van der Waals surface area (Å²) in [5, 5.41) is 29.1. The highest BCUT2D eigenvalue weighted by atomic mass is 16.6. The van der Waals surface area contributed by atoms with Crippen LogP contribution in [0.25, 0.3) is 0 Å². The van der Waals surface area contributed by atoms with Gasteiger partial charge in [0, 0.05) is 30.2 Å². The van der Waals surface area contributed by atoms with Crippen LogP contribution in [-0.2, 0) is 9.59 Å². The molecule has 2 amide bonds. The summed E-state index contributed by atoms with van der Waals surface area (Å²) in [5.41, 5.74) is 6.09. The number of carbonyl (C=O) groups is 2. The lowest BCUT2D eigenvalue weighted by atomic mass is 9.96. The number of nitrogens with zero attached hydrogens (tertiary/aromatic N) is 5. The topological polar surface area (TPSA) is 172 Å². The molecule has 1 fully saturated rings. The maximum Gasteiger partial charge on any atom is 0.269 e. The van der Waals surface area contributed by atoms with Crippen LogP contribution in [0.1, 0.15) is 24.0 Å². The van der Waals surface area contributed by atoms with Crippen molar-refractivity contribution < 1.29 is 19.4 Å². The number of nitro groups is 2. The standard InChI is InChI=1S/C22H23N7O6/c30-21(25-23-13-16-1-5-19(6-2-16)28(32)33)15-27-11-9-18(10-12-27)22(31)26-24-14-17-3-7-20(8-4-17)29(34)35/h1-8,13-14,18H,9-12,15H2,(H,25,30)(H,26,31). The van der Waals surface area contributed by atoms with Crippen LogP contribution >= 0.6 is 0 Å². The van der Waals surface area contributed by atoms with E-state index in [1.54, 1.807) is 0 Å². The zero-order chi connectivity index (χ0) is 25.2. The Kier molecular flexibility index (Phi) is 8.67. The fraction of sp³-hybridized carbons (Fsp3) is 0.273. The molecule has 0 aromatic heterocycles. The van der Waals surface area contributed by atoms with Gasteiger partial charge in [-0.1, -0.05) is 0 Å². The number of nitrogens with one attached hydrogen (secondary N) is 2. The van der Waals surface area contributed by atoms with Crippen molar-refractivity contribution >= 4 is 35.6 Å². The summed E-state index contributed by atoms with van der Waals surface area (Å²) in [6, 6.07) is 11.5. The number of piperidine rings is 1. The van der Waals surface area contributed by atoms with Gasteiger partial charge >= 0.3 is 0 Å². The first kappa shape index (κ1) is 25.1. The number of non-ortho nitro benzene ring substituents is 2. The van der Waals surface area contributed by atoms with Crippen LogP contribution in [0.5, 0.6) is 0 Å². The zero-order valence-corrected chi connectivity index (χ0v) is 18.6. The Hall–Kier alpha value is -4.52. The van der Waals surface area contributed by atoms with Gasteiger partial charge in [-0.25, -0.2) is 10.9 Å². The second-order valence-corrected chi connectivity index (χ2v) is 7.78. The van der Waals surface area contributed by atoms with Crippen molar-refractivity contribution in [2.75, 3.05) is 19.6 Å². The number of nitro benzene ring substituents is 2. The first-order chi connectivity index (χ1) is 16.8. The minimum Gasteiger partial charge on any atom is -0.294 e. The van der Waals surface area contributed by atoms with E-state index in [0.717, 1.165) is 0 Å². The largest absolute Gasteiger partial charge is 0.294 e. The molecular weight excluding hydrogens is 458 g/mol.